The molecule has 0 fully saturated rings. The highest BCUT2D eigenvalue weighted by atomic mass is 32.2. The molecule has 2 rings (SSSR count). The van der Waals surface area contributed by atoms with Crippen LogP contribution in [0.5, 0.6) is 0 Å². The predicted octanol–water partition coefficient (Wildman–Crippen LogP) is 2.88. The van der Waals surface area contributed by atoms with E-state index in [0.717, 1.165) is 11.1 Å². The third-order valence-electron chi connectivity index (χ3n) is 4.61. The van der Waals surface area contributed by atoms with Gasteiger partial charge >= 0.3 is 6.03 Å². The van der Waals surface area contributed by atoms with E-state index in [9.17, 15) is 14.4 Å². The zero-order chi connectivity index (χ0) is 21.8. The van der Waals surface area contributed by atoms with Crippen molar-refractivity contribution in [1.82, 2.24) is 15.5 Å². The Morgan fingerprint density at radius 1 is 0.933 bits per heavy atom. The van der Waals surface area contributed by atoms with Gasteiger partial charge in [0.2, 0.25) is 5.91 Å². The number of hydrogen-bond donors (Lipinski definition) is 2. The second-order valence-electron chi connectivity index (χ2n) is 6.87. The molecule has 1 unspecified atom stereocenters. The molecule has 0 aliphatic heterocycles. The third-order valence-corrected chi connectivity index (χ3v) is 5.40. The summed E-state index contributed by atoms with van der Waals surface area (Å²) in [6.45, 7) is 2.44. The number of nitrogens with one attached hydrogen (secondary N) is 2. The van der Waals surface area contributed by atoms with Crippen LogP contribution in [-0.4, -0.2) is 53.9 Å². The molecule has 3 amide bonds. The van der Waals surface area contributed by atoms with Crippen molar-refractivity contribution in [2.75, 3.05) is 25.9 Å². The normalized spacial score (nSPS) is 11.4. The summed E-state index contributed by atoms with van der Waals surface area (Å²) in [6, 6.07) is 18.5. The Hall–Kier alpha value is -2.80. The van der Waals surface area contributed by atoms with Gasteiger partial charge in [0.15, 0.2) is 5.12 Å². The second kappa shape index (κ2) is 12.7. The Labute approximate surface area is 182 Å². The summed E-state index contributed by atoms with van der Waals surface area (Å²) in [7, 11) is 1.56. The number of likely N-dealkylation sites (N-methyl/N-ethyl adjacent to an activating group) is 1. The van der Waals surface area contributed by atoms with Gasteiger partial charge in [0, 0.05) is 39.2 Å². The van der Waals surface area contributed by atoms with Crippen molar-refractivity contribution in [1.29, 1.82) is 0 Å². The SMILES string of the molecule is CNC(=O)C(Cc1ccccc1)NC(=O)N(CCSC(C)=O)CCc1ccccc1. The maximum atomic E-state index is 13.0. The lowest BCUT2D eigenvalue weighted by molar-refractivity contribution is -0.122. The lowest BCUT2D eigenvalue weighted by Gasteiger charge is -2.26. The first-order chi connectivity index (χ1) is 14.5. The van der Waals surface area contributed by atoms with Crippen LogP contribution in [0.2, 0.25) is 0 Å². The molecule has 0 bridgehead atoms. The van der Waals surface area contributed by atoms with Crippen molar-refractivity contribution in [3.63, 3.8) is 0 Å². The highest BCUT2D eigenvalue weighted by molar-refractivity contribution is 8.13. The number of urea groups is 1. The van der Waals surface area contributed by atoms with E-state index in [1.54, 1.807) is 11.9 Å². The van der Waals surface area contributed by atoms with Gasteiger partial charge in [0.05, 0.1) is 0 Å². The first kappa shape index (κ1) is 23.5. The maximum absolute atomic E-state index is 13.0. The average molecular weight is 428 g/mol. The van der Waals surface area contributed by atoms with Crippen LogP contribution in [0.1, 0.15) is 18.1 Å². The Kier molecular flexibility index (Phi) is 9.94. The molecule has 2 aromatic rings. The molecule has 0 saturated carbocycles. The highest BCUT2D eigenvalue weighted by Gasteiger charge is 2.23. The topological polar surface area (TPSA) is 78.5 Å². The summed E-state index contributed by atoms with van der Waals surface area (Å²) in [5.41, 5.74) is 2.09. The van der Waals surface area contributed by atoms with Gasteiger partial charge in [-0.15, -0.1) is 0 Å². The molecule has 2 aromatic carbocycles. The fourth-order valence-electron chi connectivity index (χ4n) is 3.00. The second-order valence-corrected chi connectivity index (χ2v) is 8.14. The van der Waals surface area contributed by atoms with Gasteiger partial charge in [0.25, 0.3) is 0 Å². The largest absolute Gasteiger partial charge is 0.357 e. The average Bonchev–Trinajstić information content (AvgIpc) is 2.76. The van der Waals surface area contributed by atoms with Gasteiger partial charge < -0.3 is 15.5 Å². The van der Waals surface area contributed by atoms with Crippen molar-refractivity contribution < 1.29 is 14.4 Å². The molecule has 0 radical (unpaired) electrons. The monoisotopic (exact) mass is 427 g/mol. The smallest absolute Gasteiger partial charge is 0.318 e. The van der Waals surface area contributed by atoms with Crippen LogP contribution in [-0.2, 0) is 22.4 Å². The number of benzene rings is 2. The van der Waals surface area contributed by atoms with Crippen molar-refractivity contribution in [2.45, 2.75) is 25.8 Å². The number of thioether (sulfide) groups is 1. The molecule has 0 spiro atoms. The van der Waals surface area contributed by atoms with Crippen molar-refractivity contribution in [2.24, 2.45) is 0 Å². The first-order valence-electron chi connectivity index (χ1n) is 9.98. The van der Waals surface area contributed by atoms with Crippen LogP contribution >= 0.6 is 11.8 Å². The number of carbonyl (C=O) groups excluding carboxylic acids is 3. The van der Waals surface area contributed by atoms with E-state index in [0.29, 0.717) is 31.7 Å². The molecule has 30 heavy (non-hydrogen) atoms. The van der Waals surface area contributed by atoms with Crippen LogP contribution in [0.25, 0.3) is 0 Å². The van der Waals surface area contributed by atoms with Crippen molar-refractivity contribution in [3.8, 4) is 0 Å². The summed E-state index contributed by atoms with van der Waals surface area (Å²) in [6.07, 6.45) is 1.10. The fraction of sp³-hybridized carbons (Fsp3) is 0.348. The zero-order valence-corrected chi connectivity index (χ0v) is 18.3. The summed E-state index contributed by atoms with van der Waals surface area (Å²) >= 11 is 1.19. The van der Waals surface area contributed by atoms with Gasteiger partial charge in [-0.3, -0.25) is 9.59 Å². The quantitative estimate of drug-likeness (QED) is 0.611. The lowest BCUT2D eigenvalue weighted by Crippen LogP contribution is -2.52. The van der Waals surface area contributed by atoms with Crippen molar-refractivity contribution in [3.05, 3.63) is 71.8 Å². The summed E-state index contributed by atoms with van der Waals surface area (Å²) < 4.78 is 0. The van der Waals surface area contributed by atoms with Gasteiger partial charge in [0.1, 0.15) is 6.04 Å². The van der Waals surface area contributed by atoms with Gasteiger partial charge in [-0.1, -0.05) is 72.4 Å². The Bertz CT molecular complexity index is 815. The number of carbonyl (C=O) groups is 3. The van der Waals surface area contributed by atoms with Crippen LogP contribution in [0, 0.1) is 0 Å². The summed E-state index contributed by atoms with van der Waals surface area (Å²) in [5, 5.41) is 5.52. The molecule has 0 aromatic heterocycles. The van der Waals surface area contributed by atoms with Crippen LogP contribution < -0.4 is 10.6 Å². The Morgan fingerprint density at radius 2 is 1.53 bits per heavy atom. The molecule has 160 valence electrons. The number of nitrogens with zero attached hydrogens (tertiary/aromatic N) is 1. The van der Waals surface area contributed by atoms with Crippen LogP contribution in [0.15, 0.2) is 60.7 Å². The number of hydrogen-bond acceptors (Lipinski definition) is 4. The molecule has 0 aliphatic rings. The van der Waals surface area contributed by atoms with Gasteiger partial charge in [-0.25, -0.2) is 4.79 Å². The minimum atomic E-state index is -0.676. The molecule has 1 atom stereocenters. The maximum Gasteiger partial charge on any atom is 0.318 e. The van der Waals surface area contributed by atoms with E-state index in [1.165, 1.54) is 18.7 Å². The predicted molar refractivity (Wildman–Crippen MR) is 121 cm³/mol. The Morgan fingerprint density at radius 3 is 2.10 bits per heavy atom. The highest BCUT2D eigenvalue weighted by Crippen LogP contribution is 2.08. The standard InChI is InChI=1S/C23H29N3O3S/c1-18(27)30-16-15-26(14-13-19-9-5-3-6-10-19)23(29)25-21(22(28)24-2)17-20-11-7-4-8-12-20/h3-12,21H,13-17H2,1-2H3,(H,24,28)(H,25,29). The summed E-state index contributed by atoms with van der Waals surface area (Å²) in [5.74, 6) is 0.272. The molecular weight excluding hydrogens is 398 g/mol. The van der Waals surface area contributed by atoms with E-state index < -0.39 is 6.04 Å². The van der Waals surface area contributed by atoms with Gasteiger partial charge in [-0.2, -0.15) is 0 Å². The minimum Gasteiger partial charge on any atom is -0.357 e. The lowest BCUT2D eigenvalue weighted by atomic mass is 10.1. The minimum absolute atomic E-state index is 0.0192. The summed E-state index contributed by atoms with van der Waals surface area (Å²) in [4.78, 5) is 38.3. The molecule has 2 N–H and O–H groups in total. The van der Waals surface area contributed by atoms with Crippen LogP contribution in [0.3, 0.4) is 0 Å². The fourth-order valence-corrected chi connectivity index (χ4v) is 3.60. The number of amides is 3. The Balaban J connectivity index is 2.05. The molecular formula is C23H29N3O3S. The van der Waals surface area contributed by atoms with E-state index in [-0.39, 0.29) is 17.1 Å². The van der Waals surface area contributed by atoms with E-state index >= 15 is 0 Å². The first-order valence-corrected chi connectivity index (χ1v) is 11.0. The molecule has 0 heterocycles. The van der Waals surface area contributed by atoms with E-state index in [4.69, 9.17) is 0 Å². The number of rotatable bonds is 10. The molecule has 7 heteroatoms. The molecule has 0 aliphatic carbocycles. The zero-order valence-electron chi connectivity index (χ0n) is 17.5. The van der Waals surface area contributed by atoms with Crippen molar-refractivity contribution >= 4 is 28.8 Å². The van der Waals surface area contributed by atoms with E-state index in [2.05, 4.69) is 10.6 Å². The van der Waals surface area contributed by atoms with Gasteiger partial charge in [-0.05, 0) is 17.5 Å². The van der Waals surface area contributed by atoms with E-state index in [1.807, 2.05) is 60.7 Å². The van der Waals surface area contributed by atoms with Crippen LogP contribution in [0.4, 0.5) is 4.79 Å². The molecule has 6 nitrogen and oxygen atoms in total. The molecule has 0 saturated heterocycles. The third kappa shape index (κ3) is 8.29.